The summed E-state index contributed by atoms with van der Waals surface area (Å²) in [6.07, 6.45) is 0. The molecule has 1 aromatic carbocycles. The summed E-state index contributed by atoms with van der Waals surface area (Å²) in [5, 5.41) is 3.01. The summed E-state index contributed by atoms with van der Waals surface area (Å²) in [6.45, 7) is 10.7. The van der Waals surface area contributed by atoms with Crippen LogP contribution in [0.15, 0.2) is 18.2 Å². The average molecular weight is 313 g/mol. The lowest BCUT2D eigenvalue weighted by molar-refractivity contribution is 0.338. The molecule has 0 aliphatic heterocycles. The maximum Gasteiger partial charge on any atom is 0.155 e. The van der Waals surface area contributed by atoms with E-state index in [1.807, 2.05) is 19.1 Å². The lowest BCUT2D eigenvalue weighted by atomic mass is 10.1. The van der Waals surface area contributed by atoms with Gasteiger partial charge < -0.3 is 10.1 Å². The Morgan fingerprint density at radius 1 is 1.24 bits per heavy atom. The predicted octanol–water partition coefficient (Wildman–Crippen LogP) is 2.87. The molecule has 4 nitrogen and oxygen atoms in total. The van der Waals surface area contributed by atoms with Gasteiger partial charge >= 0.3 is 0 Å². The molecule has 1 atom stereocenters. The van der Waals surface area contributed by atoms with E-state index in [9.17, 15) is 8.42 Å². The van der Waals surface area contributed by atoms with Gasteiger partial charge in [0.1, 0.15) is 12.4 Å². The van der Waals surface area contributed by atoms with Crippen molar-refractivity contribution in [3.63, 3.8) is 0 Å². The van der Waals surface area contributed by atoms with E-state index in [1.54, 1.807) is 13.8 Å². The highest BCUT2D eigenvalue weighted by atomic mass is 32.2. The van der Waals surface area contributed by atoms with Gasteiger partial charge in [-0.25, -0.2) is 8.42 Å². The fourth-order valence-electron chi connectivity index (χ4n) is 2.03. The first-order valence-electron chi connectivity index (χ1n) is 7.46. The molecule has 1 rings (SSSR count). The van der Waals surface area contributed by atoms with E-state index in [4.69, 9.17) is 4.74 Å². The minimum Gasteiger partial charge on any atom is -0.492 e. The van der Waals surface area contributed by atoms with Crippen molar-refractivity contribution >= 4 is 9.84 Å². The summed E-state index contributed by atoms with van der Waals surface area (Å²) in [4.78, 5) is 0. The highest BCUT2D eigenvalue weighted by Gasteiger charge is 2.16. The number of aryl methyl sites for hydroxylation is 1. The zero-order valence-corrected chi connectivity index (χ0v) is 14.5. The average Bonchev–Trinajstić information content (AvgIpc) is 2.40. The lowest BCUT2D eigenvalue weighted by Crippen LogP contribution is -2.22. The summed E-state index contributed by atoms with van der Waals surface area (Å²) in [7, 11) is -3.05. The number of nitrogens with one attached hydrogen (secondary N) is 1. The van der Waals surface area contributed by atoms with E-state index >= 15 is 0 Å². The molecule has 0 fully saturated rings. The highest BCUT2D eigenvalue weighted by Crippen LogP contribution is 2.22. The first-order chi connectivity index (χ1) is 9.77. The molecule has 0 aromatic heterocycles. The number of hydrogen-bond donors (Lipinski definition) is 1. The van der Waals surface area contributed by atoms with Gasteiger partial charge in [-0.1, -0.05) is 19.1 Å². The second-order valence-electron chi connectivity index (χ2n) is 5.57. The second-order valence-corrected chi connectivity index (χ2v) is 8.25. The smallest absolute Gasteiger partial charge is 0.155 e. The van der Waals surface area contributed by atoms with Gasteiger partial charge in [-0.05, 0) is 51.4 Å². The van der Waals surface area contributed by atoms with Gasteiger partial charge in [0.15, 0.2) is 9.84 Å². The van der Waals surface area contributed by atoms with Crippen LogP contribution in [0.2, 0.25) is 0 Å². The van der Waals surface area contributed by atoms with Crippen molar-refractivity contribution in [2.24, 2.45) is 0 Å². The zero-order chi connectivity index (χ0) is 16.0. The van der Waals surface area contributed by atoms with Crippen molar-refractivity contribution in [1.29, 1.82) is 0 Å². The van der Waals surface area contributed by atoms with Crippen LogP contribution in [0.1, 0.15) is 44.9 Å². The maximum absolute atomic E-state index is 11.7. The van der Waals surface area contributed by atoms with E-state index in [-0.39, 0.29) is 17.6 Å². The predicted molar refractivity (Wildman–Crippen MR) is 87.7 cm³/mol. The first kappa shape index (κ1) is 18.0. The third-order valence-corrected chi connectivity index (χ3v) is 5.73. The molecule has 0 radical (unpaired) electrons. The Labute approximate surface area is 128 Å². The standard InChI is InChI=1S/C16H27NO3S/c1-6-17-14(5)15-7-8-16(13(4)11-15)20-9-10-21(18,19)12(2)3/h7-8,11-12,14,17H,6,9-10H2,1-5H3. The Bertz CT molecular complexity index is 553. The van der Waals surface area contributed by atoms with E-state index in [1.165, 1.54) is 5.56 Å². The van der Waals surface area contributed by atoms with Crippen LogP contribution in [0, 0.1) is 6.92 Å². The molecule has 0 aliphatic carbocycles. The first-order valence-corrected chi connectivity index (χ1v) is 9.17. The van der Waals surface area contributed by atoms with Crippen LogP contribution in [-0.4, -0.2) is 32.6 Å². The van der Waals surface area contributed by atoms with Crippen LogP contribution in [-0.2, 0) is 9.84 Å². The minimum absolute atomic E-state index is 0.0552. The van der Waals surface area contributed by atoms with E-state index < -0.39 is 9.84 Å². The van der Waals surface area contributed by atoms with Gasteiger partial charge in [0.2, 0.25) is 0 Å². The molecule has 0 amide bonds. The molecular weight excluding hydrogens is 286 g/mol. The number of ether oxygens (including phenoxy) is 1. The molecule has 1 N–H and O–H groups in total. The fourth-order valence-corrected chi connectivity index (χ4v) is 2.82. The van der Waals surface area contributed by atoms with E-state index in [0.717, 1.165) is 17.9 Å². The van der Waals surface area contributed by atoms with Crippen molar-refractivity contribution in [3.05, 3.63) is 29.3 Å². The van der Waals surface area contributed by atoms with Gasteiger partial charge in [0, 0.05) is 6.04 Å². The topological polar surface area (TPSA) is 55.4 Å². The SMILES string of the molecule is CCNC(C)c1ccc(OCCS(=O)(=O)C(C)C)c(C)c1. The van der Waals surface area contributed by atoms with Crippen molar-refractivity contribution in [2.45, 2.75) is 45.9 Å². The maximum atomic E-state index is 11.7. The van der Waals surface area contributed by atoms with Crippen LogP contribution >= 0.6 is 0 Å². The van der Waals surface area contributed by atoms with Crippen molar-refractivity contribution < 1.29 is 13.2 Å². The number of benzene rings is 1. The van der Waals surface area contributed by atoms with Gasteiger partial charge in [0.25, 0.3) is 0 Å². The van der Waals surface area contributed by atoms with Crippen LogP contribution < -0.4 is 10.1 Å². The zero-order valence-electron chi connectivity index (χ0n) is 13.6. The third-order valence-electron chi connectivity index (χ3n) is 3.55. The summed E-state index contributed by atoms with van der Waals surface area (Å²) in [5.74, 6) is 0.807. The Kier molecular flexibility index (Phi) is 6.68. The Balaban J connectivity index is 2.65. The van der Waals surface area contributed by atoms with Gasteiger partial charge in [0.05, 0.1) is 11.0 Å². The van der Waals surface area contributed by atoms with Gasteiger partial charge in [-0.2, -0.15) is 0 Å². The Morgan fingerprint density at radius 3 is 2.43 bits per heavy atom. The molecule has 0 saturated carbocycles. The molecule has 0 heterocycles. The summed E-state index contributed by atoms with van der Waals surface area (Å²) >= 11 is 0. The summed E-state index contributed by atoms with van der Waals surface area (Å²) in [6, 6.07) is 6.32. The lowest BCUT2D eigenvalue weighted by Gasteiger charge is -2.16. The number of hydrogen-bond acceptors (Lipinski definition) is 4. The van der Waals surface area contributed by atoms with Crippen molar-refractivity contribution in [2.75, 3.05) is 18.9 Å². The molecule has 0 spiro atoms. The number of rotatable bonds is 8. The third kappa shape index (κ3) is 5.32. The molecule has 0 bridgehead atoms. The normalized spacial score (nSPS) is 13.4. The molecule has 0 saturated heterocycles. The summed E-state index contributed by atoms with van der Waals surface area (Å²) in [5.41, 5.74) is 2.23. The van der Waals surface area contributed by atoms with E-state index in [2.05, 4.69) is 25.2 Å². The van der Waals surface area contributed by atoms with Gasteiger partial charge in [-0.3, -0.25) is 0 Å². The quantitative estimate of drug-likeness (QED) is 0.802. The van der Waals surface area contributed by atoms with Crippen LogP contribution in [0.25, 0.3) is 0 Å². The second kappa shape index (κ2) is 7.80. The van der Waals surface area contributed by atoms with E-state index in [0.29, 0.717) is 6.04 Å². The molecule has 1 aromatic rings. The van der Waals surface area contributed by atoms with Gasteiger partial charge in [-0.15, -0.1) is 0 Å². The molecular formula is C16H27NO3S. The molecule has 0 aliphatic rings. The Hall–Kier alpha value is -1.07. The molecule has 5 heteroatoms. The fraction of sp³-hybridized carbons (Fsp3) is 0.625. The molecule has 120 valence electrons. The number of sulfone groups is 1. The monoisotopic (exact) mass is 313 g/mol. The van der Waals surface area contributed by atoms with Crippen LogP contribution in [0.5, 0.6) is 5.75 Å². The molecule has 21 heavy (non-hydrogen) atoms. The largest absolute Gasteiger partial charge is 0.492 e. The summed E-state index contributed by atoms with van der Waals surface area (Å²) < 4.78 is 29.1. The Morgan fingerprint density at radius 2 is 1.90 bits per heavy atom. The van der Waals surface area contributed by atoms with Crippen LogP contribution in [0.3, 0.4) is 0 Å². The van der Waals surface area contributed by atoms with Crippen molar-refractivity contribution in [1.82, 2.24) is 5.32 Å². The molecule has 1 unspecified atom stereocenters. The van der Waals surface area contributed by atoms with Crippen LogP contribution in [0.4, 0.5) is 0 Å². The highest BCUT2D eigenvalue weighted by molar-refractivity contribution is 7.91. The minimum atomic E-state index is -3.05. The van der Waals surface area contributed by atoms with Crippen molar-refractivity contribution in [3.8, 4) is 5.75 Å².